The Kier molecular flexibility index (Phi) is 3.74. The van der Waals surface area contributed by atoms with E-state index in [4.69, 9.17) is 16.9 Å². The lowest BCUT2D eigenvalue weighted by atomic mass is 10.1. The third-order valence-corrected chi connectivity index (χ3v) is 1.93. The SMILES string of the molecule is COc1nc(C(=O)Cl)c(C#N)cc1C(F)F. The molecule has 0 atom stereocenters. The van der Waals surface area contributed by atoms with Gasteiger partial charge in [0.25, 0.3) is 11.7 Å². The molecule has 0 bridgehead atoms. The molecule has 0 aliphatic heterocycles. The van der Waals surface area contributed by atoms with E-state index < -0.39 is 28.8 Å². The van der Waals surface area contributed by atoms with Gasteiger partial charge in [-0.25, -0.2) is 13.8 Å². The Morgan fingerprint density at radius 1 is 1.69 bits per heavy atom. The Morgan fingerprint density at radius 2 is 2.31 bits per heavy atom. The van der Waals surface area contributed by atoms with Gasteiger partial charge in [0, 0.05) is 0 Å². The van der Waals surface area contributed by atoms with Crippen molar-refractivity contribution >= 4 is 16.8 Å². The number of carbonyl (C=O) groups is 1. The minimum Gasteiger partial charge on any atom is -0.481 e. The van der Waals surface area contributed by atoms with Crippen molar-refractivity contribution in [2.45, 2.75) is 6.43 Å². The minimum absolute atomic E-state index is 0.309. The fourth-order valence-electron chi connectivity index (χ4n) is 1.07. The third kappa shape index (κ3) is 2.25. The van der Waals surface area contributed by atoms with Crippen LogP contribution in [0.5, 0.6) is 5.88 Å². The number of nitriles is 1. The van der Waals surface area contributed by atoms with Crippen molar-refractivity contribution in [2.24, 2.45) is 0 Å². The van der Waals surface area contributed by atoms with Crippen LogP contribution in [-0.2, 0) is 0 Å². The van der Waals surface area contributed by atoms with Crippen molar-refractivity contribution in [3.8, 4) is 11.9 Å². The van der Waals surface area contributed by atoms with Gasteiger partial charge in [-0.1, -0.05) is 0 Å². The summed E-state index contributed by atoms with van der Waals surface area (Å²) in [6.07, 6.45) is -2.85. The number of alkyl halides is 2. The molecular formula is C9H5ClF2N2O2. The van der Waals surface area contributed by atoms with Gasteiger partial charge < -0.3 is 4.74 Å². The van der Waals surface area contributed by atoms with E-state index in [0.29, 0.717) is 0 Å². The molecule has 1 heterocycles. The Morgan fingerprint density at radius 3 is 2.69 bits per heavy atom. The number of carbonyl (C=O) groups excluding carboxylic acids is 1. The molecule has 0 unspecified atom stereocenters. The molecule has 0 N–H and O–H groups in total. The first-order valence-corrected chi connectivity index (χ1v) is 4.36. The molecule has 0 saturated carbocycles. The maximum Gasteiger partial charge on any atom is 0.272 e. The molecule has 84 valence electrons. The fourth-order valence-corrected chi connectivity index (χ4v) is 1.21. The van der Waals surface area contributed by atoms with Crippen LogP contribution in [0.4, 0.5) is 8.78 Å². The number of aromatic nitrogens is 1. The van der Waals surface area contributed by atoms with Crippen LogP contribution < -0.4 is 4.74 Å². The third-order valence-electron chi connectivity index (χ3n) is 1.75. The highest BCUT2D eigenvalue weighted by atomic mass is 35.5. The molecule has 0 aliphatic rings. The van der Waals surface area contributed by atoms with Crippen molar-refractivity contribution in [2.75, 3.05) is 7.11 Å². The molecule has 1 aromatic rings. The zero-order valence-electron chi connectivity index (χ0n) is 8.00. The first-order valence-electron chi connectivity index (χ1n) is 3.98. The molecule has 0 saturated heterocycles. The Labute approximate surface area is 94.4 Å². The summed E-state index contributed by atoms with van der Waals surface area (Å²) in [5, 5.41) is 7.65. The highest BCUT2D eigenvalue weighted by molar-refractivity contribution is 6.67. The standard InChI is InChI=1S/C9H5ClF2N2O2/c1-16-9-5(8(11)12)2-4(3-13)6(14-9)7(10)15/h2,8H,1H3. The molecule has 1 rings (SSSR count). The Hall–Kier alpha value is -1.74. The summed E-state index contributed by atoms with van der Waals surface area (Å²) in [4.78, 5) is 14.4. The molecule has 0 fully saturated rings. The molecule has 0 aliphatic carbocycles. The first kappa shape index (κ1) is 12.3. The van der Waals surface area contributed by atoms with Crippen LogP contribution in [0, 0.1) is 11.3 Å². The predicted octanol–water partition coefficient (Wildman–Crippen LogP) is 2.28. The van der Waals surface area contributed by atoms with E-state index in [9.17, 15) is 13.6 Å². The maximum absolute atomic E-state index is 12.5. The number of hydrogen-bond donors (Lipinski definition) is 0. The number of ether oxygens (including phenoxy) is 1. The number of nitrogens with zero attached hydrogens (tertiary/aromatic N) is 2. The van der Waals surface area contributed by atoms with Crippen molar-refractivity contribution < 1.29 is 18.3 Å². The minimum atomic E-state index is -2.85. The monoisotopic (exact) mass is 246 g/mol. The smallest absolute Gasteiger partial charge is 0.272 e. The van der Waals surface area contributed by atoms with E-state index >= 15 is 0 Å². The molecule has 1 aromatic heterocycles. The van der Waals surface area contributed by atoms with E-state index in [2.05, 4.69) is 9.72 Å². The Bertz CT molecular complexity index is 471. The van der Waals surface area contributed by atoms with Crippen molar-refractivity contribution in [3.05, 3.63) is 22.9 Å². The average Bonchev–Trinajstić information content (AvgIpc) is 2.26. The summed E-state index contributed by atoms with van der Waals surface area (Å²) in [5.74, 6) is -0.419. The van der Waals surface area contributed by atoms with Crippen LogP contribution in [0.15, 0.2) is 6.07 Å². The van der Waals surface area contributed by atoms with Crippen LogP contribution in [0.1, 0.15) is 28.0 Å². The summed E-state index contributed by atoms with van der Waals surface area (Å²) in [6.45, 7) is 0. The van der Waals surface area contributed by atoms with Crippen molar-refractivity contribution in [1.29, 1.82) is 5.26 Å². The summed E-state index contributed by atoms with van der Waals surface area (Å²) in [5.41, 5.74) is -1.26. The Balaban J connectivity index is 3.48. The lowest BCUT2D eigenvalue weighted by Gasteiger charge is -2.08. The van der Waals surface area contributed by atoms with Gasteiger partial charge in [0.05, 0.1) is 18.2 Å². The zero-order valence-corrected chi connectivity index (χ0v) is 8.76. The lowest BCUT2D eigenvalue weighted by molar-refractivity contribution is 0.107. The van der Waals surface area contributed by atoms with E-state index in [1.54, 1.807) is 6.07 Å². The van der Waals surface area contributed by atoms with E-state index in [1.807, 2.05) is 0 Å². The van der Waals surface area contributed by atoms with Gasteiger partial charge in [0.15, 0.2) is 0 Å². The number of rotatable bonds is 3. The first-order chi connectivity index (χ1) is 7.51. The molecule has 4 nitrogen and oxygen atoms in total. The topological polar surface area (TPSA) is 63.0 Å². The largest absolute Gasteiger partial charge is 0.481 e. The van der Waals surface area contributed by atoms with Gasteiger partial charge in [-0.15, -0.1) is 0 Å². The van der Waals surface area contributed by atoms with Crippen LogP contribution >= 0.6 is 11.6 Å². The van der Waals surface area contributed by atoms with E-state index in [0.717, 1.165) is 13.2 Å². The van der Waals surface area contributed by atoms with Crippen LogP contribution in [0.2, 0.25) is 0 Å². The zero-order chi connectivity index (χ0) is 12.3. The van der Waals surface area contributed by atoms with Crippen LogP contribution in [-0.4, -0.2) is 17.3 Å². The molecule has 0 spiro atoms. The van der Waals surface area contributed by atoms with E-state index in [-0.39, 0.29) is 5.56 Å². The number of pyridine rings is 1. The van der Waals surface area contributed by atoms with Gasteiger partial charge in [-0.05, 0) is 17.7 Å². The molecule has 0 amide bonds. The summed E-state index contributed by atoms with van der Waals surface area (Å²) in [6, 6.07) is 2.41. The quantitative estimate of drug-likeness (QED) is 0.768. The van der Waals surface area contributed by atoms with E-state index in [1.165, 1.54) is 0 Å². The van der Waals surface area contributed by atoms with Crippen molar-refractivity contribution in [3.63, 3.8) is 0 Å². The number of halogens is 3. The van der Waals surface area contributed by atoms with Crippen LogP contribution in [0.3, 0.4) is 0 Å². The van der Waals surface area contributed by atoms with Gasteiger partial charge in [0.2, 0.25) is 5.88 Å². The normalized spacial score (nSPS) is 10.0. The highest BCUT2D eigenvalue weighted by Crippen LogP contribution is 2.29. The average molecular weight is 247 g/mol. The van der Waals surface area contributed by atoms with Crippen LogP contribution in [0.25, 0.3) is 0 Å². The number of methoxy groups -OCH3 is 1. The van der Waals surface area contributed by atoms with Gasteiger partial charge in [-0.3, -0.25) is 4.79 Å². The summed E-state index contributed by atoms with van der Waals surface area (Å²) < 4.78 is 29.6. The molecule has 0 aromatic carbocycles. The maximum atomic E-state index is 12.5. The lowest BCUT2D eigenvalue weighted by Crippen LogP contribution is -2.05. The second kappa shape index (κ2) is 4.86. The fraction of sp³-hybridized carbons (Fsp3) is 0.222. The molecule has 16 heavy (non-hydrogen) atoms. The van der Waals surface area contributed by atoms with Gasteiger partial charge in [0.1, 0.15) is 11.8 Å². The van der Waals surface area contributed by atoms with Gasteiger partial charge in [-0.2, -0.15) is 5.26 Å². The second-order valence-corrected chi connectivity index (χ2v) is 3.01. The summed E-state index contributed by atoms with van der Waals surface area (Å²) in [7, 11) is 1.13. The highest BCUT2D eigenvalue weighted by Gasteiger charge is 2.21. The molecule has 0 radical (unpaired) electrons. The predicted molar refractivity (Wildman–Crippen MR) is 50.6 cm³/mol. The van der Waals surface area contributed by atoms with Gasteiger partial charge >= 0.3 is 0 Å². The van der Waals surface area contributed by atoms with Crippen molar-refractivity contribution in [1.82, 2.24) is 4.98 Å². The molecular weight excluding hydrogens is 242 g/mol. The molecule has 7 heteroatoms. The number of hydrogen-bond acceptors (Lipinski definition) is 4. The second-order valence-electron chi connectivity index (χ2n) is 2.67. The summed E-state index contributed by atoms with van der Waals surface area (Å²) >= 11 is 5.15.